The third-order valence-electron chi connectivity index (χ3n) is 1.78. The monoisotopic (exact) mass is 161 g/mol. The average Bonchev–Trinajstić information content (AvgIpc) is 1.85. The minimum Gasteiger partial charge on any atom is -0.304 e. The molecule has 2 heteroatoms. The van der Waals surface area contributed by atoms with Gasteiger partial charge in [-0.15, -0.1) is 0 Å². The van der Waals surface area contributed by atoms with Gasteiger partial charge in [0.25, 0.3) is 0 Å². The van der Waals surface area contributed by atoms with Gasteiger partial charge in [0.2, 0.25) is 0 Å². The lowest BCUT2D eigenvalue weighted by molar-refractivity contribution is 0.201. The van der Waals surface area contributed by atoms with Gasteiger partial charge in [-0.3, -0.25) is 0 Å². The molecule has 0 saturated carbocycles. The van der Waals surface area contributed by atoms with E-state index in [9.17, 15) is 4.39 Å². The Balaban J connectivity index is 3.43. The highest BCUT2D eigenvalue weighted by Crippen LogP contribution is 2.08. The smallest absolute Gasteiger partial charge is 0.113 e. The van der Waals surface area contributed by atoms with E-state index in [0.29, 0.717) is 18.9 Å². The molecule has 0 heterocycles. The molecule has 0 rings (SSSR count). The maximum atomic E-state index is 13.0. The summed E-state index contributed by atoms with van der Waals surface area (Å²) in [6, 6.07) is 0. The number of rotatable bonds is 5. The van der Waals surface area contributed by atoms with Gasteiger partial charge in [0.15, 0.2) is 0 Å². The SMILES string of the molecule is CCN(C)CC(F)CC(C)C. The third kappa shape index (κ3) is 6.29. The first-order valence-electron chi connectivity index (χ1n) is 4.38. The van der Waals surface area contributed by atoms with Gasteiger partial charge in [0.05, 0.1) is 0 Å². The topological polar surface area (TPSA) is 3.24 Å². The molecule has 0 fully saturated rings. The van der Waals surface area contributed by atoms with Crippen molar-refractivity contribution < 1.29 is 4.39 Å². The molecule has 0 saturated heterocycles. The van der Waals surface area contributed by atoms with E-state index < -0.39 is 6.17 Å². The standard InChI is InChI=1S/C9H20FN/c1-5-11(4)7-9(10)6-8(2)3/h8-9H,5-7H2,1-4H3. The van der Waals surface area contributed by atoms with Crippen LogP contribution in [0.25, 0.3) is 0 Å². The molecule has 0 N–H and O–H groups in total. The highest BCUT2D eigenvalue weighted by atomic mass is 19.1. The summed E-state index contributed by atoms with van der Waals surface area (Å²) in [6.45, 7) is 7.66. The van der Waals surface area contributed by atoms with Crippen molar-refractivity contribution >= 4 is 0 Å². The van der Waals surface area contributed by atoms with Crippen LogP contribution in [-0.2, 0) is 0 Å². The predicted molar refractivity (Wildman–Crippen MR) is 47.5 cm³/mol. The van der Waals surface area contributed by atoms with Gasteiger partial charge in [-0.25, -0.2) is 4.39 Å². The Bertz CT molecular complexity index is 93.6. The molecule has 0 amide bonds. The maximum absolute atomic E-state index is 13.0. The molecule has 11 heavy (non-hydrogen) atoms. The highest BCUT2D eigenvalue weighted by molar-refractivity contribution is 4.62. The first kappa shape index (κ1) is 10.9. The summed E-state index contributed by atoms with van der Waals surface area (Å²) in [5.74, 6) is 0.468. The summed E-state index contributed by atoms with van der Waals surface area (Å²) in [5.41, 5.74) is 0. The van der Waals surface area contributed by atoms with E-state index in [2.05, 4.69) is 13.8 Å². The molecule has 0 bridgehead atoms. The van der Waals surface area contributed by atoms with E-state index in [0.717, 1.165) is 6.54 Å². The second-order valence-corrected chi connectivity index (χ2v) is 3.58. The van der Waals surface area contributed by atoms with Crippen LogP contribution in [0.2, 0.25) is 0 Å². The summed E-state index contributed by atoms with van der Waals surface area (Å²) >= 11 is 0. The lowest BCUT2D eigenvalue weighted by Gasteiger charge is -2.18. The van der Waals surface area contributed by atoms with E-state index in [1.807, 2.05) is 18.9 Å². The molecule has 1 atom stereocenters. The van der Waals surface area contributed by atoms with Gasteiger partial charge in [-0.1, -0.05) is 20.8 Å². The summed E-state index contributed by atoms with van der Waals surface area (Å²) in [4.78, 5) is 2.01. The lowest BCUT2D eigenvalue weighted by atomic mass is 10.1. The zero-order valence-electron chi connectivity index (χ0n) is 8.10. The molecule has 1 unspecified atom stereocenters. The summed E-state index contributed by atoms with van der Waals surface area (Å²) < 4.78 is 13.0. The maximum Gasteiger partial charge on any atom is 0.113 e. The molecule has 0 aliphatic carbocycles. The fraction of sp³-hybridized carbons (Fsp3) is 1.00. The van der Waals surface area contributed by atoms with E-state index in [4.69, 9.17) is 0 Å². The fourth-order valence-electron chi connectivity index (χ4n) is 1.05. The number of alkyl halides is 1. The van der Waals surface area contributed by atoms with Crippen molar-refractivity contribution in [1.82, 2.24) is 4.90 Å². The van der Waals surface area contributed by atoms with Gasteiger partial charge >= 0.3 is 0 Å². The molecule has 0 spiro atoms. The Hall–Kier alpha value is -0.110. The van der Waals surface area contributed by atoms with Crippen LogP contribution < -0.4 is 0 Å². The number of halogens is 1. The fourth-order valence-corrected chi connectivity index (χ4v) is 1.05. The zero-order chi connectivity index (χ0) is 8.85. The highest BCUT2D eigenvalue weighted by Gasteiger charge is 2.10. The number of hydrogen-bond donors (Lipinski definition) is 0. The molecule has 0 aromatic rings. The van der Waals surface area contributed by atoms with Crippen LogP contribution >= 0.6 is 0 Å². The Kier molecular flexibility index (Phi) is 5.47. The van der Waals surface area contributed by atoms with Gasteiger partial charge in [-0.05, 0) is 25.9 Å². The molecule has 0 aromatic heterocycles. The quantitative estimate of drug-likeness (QED) is 0.598. The van der Waals surface area contributed by atoms with Crippen LogP contribution in [0.4, 0.5) is 4.39 Å². The van der Waals surface area contributed by atoms with E-state index in [-0.39, 0.29) is 0 Å². The normalized spacial score (nSPS) is 14.5. The third-order valence-corrected chi connectivity index (χ3v) is 1.78. The second kappa shape index (κ2) is 5.53. The van der Waals surface area contributed by atoms with E-state index >= 15 is 0 Å². The molecular weight excluding hydrogens is 141 g/mol. The van der Waals surface area contributed by atoms with Crippen molar-refractivity contribution in [2.45, 2.75) is 33.4 Å². The Morgan fingerprint density at radius 1 is 1.36 bits per heavy atom. The zero-order valence-corrected chi connectivity index (χ0v) is 8.10. The van der Waals surface area contributed by atoms with Crippen LogP contribution in [0.15, 0.2) is 0 Å². The largest absolute Gasteiger partial charge is 0.304 e. The Labute approximate surface area is 69.6 Å². The van der Waals surface area contributed by atoms with Crippen LogP contribution in [-0.4, -0.2) is 31.2 Å². The number of nitrogens with zero attached hydrogens (tertiary/aromatic N) is 1. The van der Waals surface area contributed by atoms with Crippen molar-refractivity contribution in [3.05, 3.63) is 0 Å². The van der Waals surface area contributed by atoms with E-state index in [1.54, 1.807) is 0 Å². The van der Waals surface area contributed by atoms with Crippen LogP contribution in [0.3, 0.4) is 0 Å². The first-order chi connectivity index (χ1) is 5.06. The van der Waals surface area contributed by atoms with E-state index in [1.165, 1.54) is 0 Å². The molecule has 1 nitrogen and oxygen atoms in total. The van der Waals surface area contributed by atoms with Crippen LogP contribution in [0, 0.1) is 5.92 Å². The van der Waals surface area contributed by atoms with Crippen LogP contribution in [0.5, 0.6) is 0 Å². The van der Waals surface area contributed by atoms with Gasteiger partial charge < -0.3 is 4.90 Å². The first-order valence-corrected chi connectivity index (χ1v) is 4.38. The van der Waals surface area contributed by atoms with Gasteiger partial charge in [0, 0.05) is 6.54 Å². The van der Waals surface area contributed by atoms with Crippen molar-refractivity contribution in [1.29, 1.82) is 0 Å². The van der Waals surface area contributed by atoms with Crippen molar-refractivity contribution in [3.63, 3.8) is 0 Å². The van der Waals surface area contributed by atoms with Crippen molar-refractivity contribution in [3.8, 4) is 0 Å². The minimum absolute atomic E-state index is 0.468. The molecule has 0 aromatic carbocycles. The minimum atomic E-state index is -0.653. The average molecular weight is 161 g/mol. The Morgan fingerprint density at radius 2 is 1.91 bits per heavy atom. The second-order valence-electron chi connectivity index (χ2n) is 3.58. The van der Waals surface area contributed by atoms with Gasteiger partial charge in [-0.2, -0.15) is 0 Å². The van der Waals surface area contributed by atoms with Crippen molar-refractivity contribution in [2.75, 3.05) is 20.1 Å². The molecule has 68 valence electrons. The Morgan fingerprint density at radius 3 is 2.27 bits per heavy atom. The van der Waals surface area contributed by atoms with Crippen LogP contribution in [0.1, 0.15) is 27.2 Å². The predicted octanol–water partition coefficient (Wildman–Crippen LogP) is 2.32. The summed E-state index contributed by atoms with van der Waals surface area (Å²) in [6.07, 6.45) is 0.0320. The molecular formula is C9H20FN. The number of hydrogen-bond acceptors (Lipinski definition) is 1. The van der Waals surface area contributed by atoms with Crippen molar-refractivity contribution in [2.24, 2.45) is 5.92 Å². The lowest BCUT2D eigenvalue weighted by Crippen LogP contribution is -2.27. The summed E-state index contributed by atoms with van der Waals surface area (Å²) in [7, 11) is 1.95. The van der Waals surface area contributed by atoms with Gasteiger partial charge in [0.1, 0.15) is 6.17 Å². The molecule has 0 aliphatic heterocycles. The summed E-state index contributed by atoms with van der Waals surface area (Å²) in [5, 5.41) is 0. The molecule has 0 aliphatic rings. The molecule has 0 radical (unpaired) electrons.